The van der Waals surface area contributed by atoms with E-state index in [9.17, 15) is 8.78 Å². The number of aromatic nitrogens is 2. The van der Waals surface area contributed by atoms with Crippen molar-refractivity contribution in [1.29, 1.82) is 0 Å². The zero-order valence-electron chi connectivity index (χ0n) is 12.2. The second-order valence-corrected chi connectivity index (χ2v) is 6.07. The van der Waals surface area contributed by atoms with Gasteiger partial charge in [-0.1, -0.05) is 13.8 Å². The van der Waals surface area contributed by atoms with Crippen molar-refractivity contribution < 1.29 is 8.78 Å². The third-order valence-electron chi connectivity index (χ3n) is 3.95. The zero-order chi connectivity index (χ0) is 14.7. The topological polar surface area (TPSA) is 47.1 Å². The second-order valence-electron chi connectivity index (χ2n) is 6.07. The predicted molar refractivity (Wildman–Crippen MR) is 74.5 cm³/mol. The summed E-state index contributed by atoms with van der Waals surface area (Å²) in [5, 5.41) is 0. The van der Waals surface area contributed by atoms with Gasteiger partial charge in [-0.3, -0.25) is 4.90 Å². The van der Waals surface area contributed by atoms with Crippen LogP contribution in [0.4, 0.5) is 8.78 Å². The Labute approximate surface area is 119 Å². The fraction of sp³-hybridized carbons (Fsp3) is 0.786. The molecule has 0 aliphatic carbocycles. The molecule has 6 heteroatoms. The molecule has 0 aromatic carbocycles. The van der Waals surface area contributed by atoms with Crippen molar-refractivity contribution in [1.82, 2.24) is 14.5 Å². The third kappa shape index (κ3) is 3.99. The number of alkyl halides is 2. The lowest BCUT2D eigenvalue weighted by Gasteiger charge is -2.15. The van der Waals surface area contributed by atoms with Gasteiger partial charge in [0.25, 0.3) is 6.43 Å². The van der Waals surface area contributed by atoms with Gasteiger partial charge in [0.15, 0.2) is 0 Å². The van der Waals surface area contributed by atoms with E-state index in [2.05, 4.69) is 18.8 Å². The summed E-state index contributed by atoms with van der Waals surface area (Å²) in [6.07, 6.45) is 2.52. The van der Waals surface area contributed by atoms with Gasteiger partial charge in [0.2, 0.25) is 0 Å². The molecule has 0 radical (unpaired) electrons. The fourth-order valence-electron chi connectivity index (χ4n) is 2.71. The van der Waals surface area contributed by atoms with E-state index in [1.165, 1.54) is 0 Å². The number of hydrogen-bond donors (Lipinski definition) is 1. The fourth-order valence-corrected chi connectivity index (χ4v) is 2.71. The number of imidazole rings is 1. The molecule has 1 aromatic heterocycles. The molecule has 2 N–H and O–H groups in total. The van der Waals surface area contributed by atoms with Gasteiger partial charge in [-0.05, 0) is 24.8 Å². The number of nitrogens with zero attached hydrogens (tertiary/aromatic N) is 3. The summed E-state index contributed by atoms with van der Waals surface area (Å²) < 4.78 is 26.7. The number of hydrogen-bond acceptors (Lipinski definition) is 3. The lowest BCUT2D eigenvalue weighted by molar-refractivity contribution is 0.0975. The molecule has 1 saturated heterocycles. The van der Waals surface area contributed by atoms with E-state index in [1.54, 1.807) is 6.33 Å². The van der Waals surface area contributed by atoms with Crippen molar-refractivity contribution >= 4 is 0 Å². The molecule has 4 nitrogen and oxygen atoms in total. The minimum atomic E-state index is -2.24. The van der Waals surface area contributed by atoms with Gasteiger partial charge >= 0.3 is 0 Å². The lowest BCUT2D eigenvalue weighted by atomic mass is 10.0. The molecule has 2 atom stereocenters. The number of nitrogens with two attached hydrogens (primary N) is 1. The number of rotatable bonds is 6. The molecule has 1 aromatic rings. The van der Waals surface area contributed by atoms with Crippen molar-refractivity contribution in [2.45, 2.75) is 39.3 Å². The Balaban J connectivity index is 1.86. The molecule has 2 rings (SSSR count). The van der Waals surface area contributed by atoms with Crippen molar-refractivity contribution in [3.05, 3.63) is 18.2 Å². The maximum atomic E-state index is 12.3. The first-order valence-electron chi connectivity index (χ1n) is 7.23. The van der Waals surface area contributed by atoms with Gasteiger partial charge in [0, 0.05) is 19.3 Å². The van der Waals surface area contributed by atoms with Gasteiger partial charge in [-0.15, -0.1) is 0 Å². The molecular weight excluding hydrogens is 262 g/mol. The minimum absolute atomic E-state index is 0.0461. The van der Waals surface area contributed by atoms with E-state index in [0.717, 1.165) is 31.7 Å². The summed E-state index contributed by atoms with van der Waals surface area (Å²) >= 11 is 0. The average Bonchev–Trinajstić information content (AvgIpc) is 2.98. The Morgan fingerprint density at radius 2 is 2.20 bits per heavy atom. The zero-order valence-corrected chi connectivity index (χ0v) is 12.2. The van der Waals surface area contributed by atoms with E-state index in [4.69, 9.17) is 5.73 Å². The predicted octanol–water partition coefficient (Wildman–Crippen LogP) is 2.13. The van der Waals surface area contributed by atoms with Crippen molar-refractivity contribution in [3.8, 4) is 0 Å². The molecule has 1 aliphatic rings. The van der Waals surface area contributed by atoms with Crippen LogP contribution >= 0.6 is 0 Å². The highest BCUT2D eigenvalue weighted by molar-refractivity contribution is 5.04. The van der Waals surface area contributed by atoms with Crippen molar-refractivity contribution in [3.63, 3.8) is 0 Å². The summed E-state index contributed by atoms with van der Waals surface area (Å²) in [5.41, 5.74) is 6.97. The number of likely N-dealkylation sites (tertiary alicyclic amines) is 1. The number of halogens is 2. The largest absolute Gasteiger partial charge is 0.337 e. The molecule has 20 heavy (non-hydrogen) atoms. The Bertz CT molecular complexity index is 419. The molecule has 2 heterocycles. The van der Waals surface area contributed by atoms with Crippen LogP contribution in [-0.2, 0) is 6.54 Å². The third-order valence-corrected chi connectivity index (χ3v) is 3.95. The lowest BCUT2D eigenvalue weighted by Crippen LogP contribution is -2.27. The van der Waals surface area contributed by atoms with Crippen molar-refractivity contribution in [2.75, 3.05) is 19.6 Å². The molecule has 0 amide bonds. The van der Waals surface area contributed by atoms with Crippen molar-refractivity contribution in [2.24, 2.45) is 17.6 Å². The summed E-state index contributed by atoms with van der Waals surface area (Å²) in [4.78, 5) is 6.19. The highest BCUT2D eigenvalue weighted by atomic mass is 19.3. The van der Waals surface area contributed by atoms with Crippen LogP contribution in [0.25, 0.3) is 0 Å². The first kappa shape index (κ1) is 15.4. The normalized spacial score (nSPS) is 22.1. The van der Waals surface area contributed by atoms with E-state index >= 15 is 0 Å². The van der Waals surface area contributed by atoms with E-state index in [-0.39, 0.29) is 12.6 Å². The SMILES string of the molecule is CC(C)[C@H](N)c1cn(C[C@H]2CCN(CC(F)F)C2)cn1. The molecule has 114 valence electrons. The summed E-state index contributed by atoms with van der Waals surface area (Å²) in [6, 6.07) is -0.0461. The van der Waals surface area contributed by atoms with Crippen LogP contribution in [-0.4, -0.2) is 40.5 Å². The monoisotopic (exact) mass is 286 g/mol. The molecule has 0 unspecified atom stereocenters. The van der Waals surface area contributed by atoms with Gasteiger partial charge in [0.1, 0.15) is 0 Å². The minimum Gasteiger partial charge on any atom is -0.337 e. The maximum Gasteiger partial charge on any atom is 0.251 e. The summed E-state index contributed by atoms with van der Waals surface area (Å²) in [5.74, 6) is 0.775. The molecule has 1 fully saturated rings. The maximum absolute atomic E-state index is 12.3. The average molecular weight is 286 g/mol. The standard InChI is InChI=1S/C14H24F2N4/c1-10(2)14(17)12-7-20(9-18-12)6-11-3-4-19(5-11)8-13(15)16/h7,9-11,13-14H,3-6,8,17H2,1-2H3/t11-,14-/m0/s1. The van der Waals surface area contributed by atoms with Crippen LogP contribution in [0.2, 0.25) is 0 Å². The smallest absolute Gasteiger partial charge is 0.251 e. The van der Waals surface area contributed by atoms with Gasteiger partial charge in [-0.2, -0.15) is 0 Å². The van der Waals surface area contributed by atoms with E-state index in [1.807, 2.05) is 15.7 Å². The summed E-state index contributed by atoms with van der Waals surface area (Å²) in [7, 11) is 0. The summed E-state index contributed by atoms with van der Waals surface area (Å²) in [6.45, 7) is 6.38. The van der Waals surface area contributed by atoms with E-state index < -0.39 is 6.43 Å². The van der Waals surface area contributed by atoms with Crippen LogP contribution in [0, 0.1) is 11.8 Å². The first-order valence-corrected chi connectivity index (χ1v) is 7.23. The Morgan fingerprint density at radius 1 is 1.45 bits per heavy atom. The van der Waals surface area contributed by atoms with Crippen LogP contribution in [0.1, 0.15) is 32.0 Å². The van der Waals surface area contributed by atoms with E-state index in [0.29, 0.717) is 11.8 Å². The van der Waals surface area contributed by atoms with Gasteiger partial charge in [-0.25, -0.2) is 13.8 Å². The Morgan fingerprint density at radius 3 is 2.85 bits per heavy atom. The van der Waals surface area contributed by atoms with Crippen LogP contribution in [0.3, 0.4) is 0 Å². The highest BCUT2D eigenvalue weighted by Gasteiger charge is 2.25. The molecule has 0 spiro atoms. The quantitative estimate of drug-likeness (QED) is 0.871. The molecule has 0 saturated carbocycles. The molecule has 1 aliphatic heterocycles. The molecular formula is C14H24F2N4. The van der Waals surface area contributed by atoms with Gasteiger partial charge < -0.3 is 10.3 Å². The first-order chi connectivity index (χ1) is 9.45. The Kier molecular flexibility index (Phi) is 5.10. The van der Waals surface area contributed by atoms with Crippen LogP contribution in [0.15, 0.2) is 12.5 Å². The highest BCUT2D eigenvalue weighted by Crippen LogP contribution is 2.21. The Hall–Kier alpha value is -1.01. The van der Waals surface area contributed by atoms with Crippen LogP contribution in [0.5, 0.6) is 0 Å². The van der Waals surface area contributed by atoms with Gasteiger partial charge in [0.05, 0.1) is 24.6 Å². The van der Waals surface area contributed by atoms with Crippen LogP contribution < -0.4 is 5.73 Å². The molecule has 0 bridgehead atoms. The second kappa shape index (κ2) is 6.63.